The number of aryl methyl sites for hydroxylation is 1. The standard InChI is InChI=1S/C21H28N2O3/c1-15-8-10-18(11-9-15)22(3)20(24)14-26-21(25)13-23-16(2)12-17-6-4-5-7-19(17)23/h4-7,12,15,18H,8-11,13-14H2,1-3H3. The van der Waals surface area contributed by atoms with Crippen LogP contribution in [0.2, 0.25) is 0 Å². The van der Waals surface area contributed by atoms with E-state index < -0.39 is 0 Å². The van der Waals surface area contributed by atoms with Crippen molar-refractivity contribution in [2.45, 2.75) is 52.1 Å². The maximum absolute atomic E-state index is 12.4. The molecule has 0 saturated heterocycles. The molecule has 5 heteroatoms. The predicted molar refractivity (Wildman–Crippen MR) is 102 cm³/mol. The molecular formula is C21H28N2O3. The number of fused-ring (bicyclic) bond motifs is 1. The number of benzene rings is 1. The summed E-state index contributed by atoms with van der Waals surface area (Å²) in [5.74, 6) is 0.243. The van der Waals surface area contributed by atoms with E-state index in [4.69, 9.17) is 4.74 Å². The summed E-state index contributed by atoms with van der Waals surface area (Å²) in [5.41, 5.74) is 2.00. The Morgan fingerprint density at radius 3 is 2.62 bits per heavy atom. The lowest BCUT2D eigenvalue weighted by Gasteiger charge is -2.33. The molecule has 1 saturated carbocycles. The minimum absolute atomic E-state index is 0.119. The number of aromatic nitrogens is 1. The van der Waals surface area contributed by atoms with Crippen LogP contribution < -0.4 is 0 Å². The Morgan fingerprint density at radius 2 is 1.88 bits per heavy atom. The summed E-state index contributed by atoms with van der Waals surface area (Å²) in [6.45, 7) is 4.17. The zero-order valence-electron chi connectivity index (χ0n) is 15.9. The van der Waals surface area contributed by atoms with Gasteiger partial charge >= 0.3 is 5.97 Å². The molecule has 1 aliphatic rings. The van der Waals surface area contributed by atoms with E-state index in [1.807, 2.05) is 48.9 Å². The summed E-state index contributed by atoms with van der Waals surface area (Å²) in [6, 6.07) is 10.3. The number of para-hydroxylation sites is 1. The maximum atomic E-state index is 12.4. The average Bonchev–Trinajstić information content (AvgIpc) is 2.95. The molecule has 1 amide bonds. The summed E-state index contributed by atoms with van der Waals surface area (Å²) in [5, 5.41) is 1.10. The van der Waals surface area contributed by atoms with E-state index in [0.29, 0.717) is 0 Å². The molecular weight excluding hydrogens is 328 g/mol. The molecule has 0 unspecified atom stereocenters. The number of hydrogen-bond donors (Lipinski definition) is 0. The first-order valence-corrected chi connectivity index (χ1v) is 9.42. The van der Waals surface area contributed by atoms with Crippen molar-refractivity contribution in [1.82, 2.24) is 9.47 Å². The first-order valence-electron chi connectivity index (χ1n) is 9.42. The molecule has 1 fully saturated rings. The molecule has 2 aromatic rings. The van der Waals surface area contributed by atoms with Crippen molar-refractivity contribution in [3.8, 4) is 0 Å². The van der Waals surface area contributed by atoms with Gasteiger partial charge in [-0.05, 0) is 56.0 Å². The zero-order chi connectivity index (χ0) is 18.7. The Morgan fingerprint density at radius 1 is 1.19 bits per heavy atom. The van der Waals surface area contributed by atoms with Gasteiger partial charge in [-0.25, -0.2) is 0 Å². The zero-order valence-corrected chi connectivity index (χ0v) is 15.9. The quantitative estimate of drug-likeness (QED) is 0.770. The van der Waals surface area contributed by atoms with Crippen LogP contribution in [-0.4, -0.2) is 41.0 Å². The van der Waals surface area contributed by atoms with Crippen molar-refractivity contribution in [2.75, 3.05) is 13.7 Å². The van der Waals surface area contributed by atoms with Crippen LogP contribution in [0.3, 0.4) is 0 Å². The summed E-state index contributed by atoms with van der Waals surface area (Å²) in [7, 11) is 1.82. The number of carbonyl (C=O) groups is 2. The lowest BCUT2D eigenvalue weighted by Crippen LogP contribution is -2.41. The van der Waals surface area contributed by atoms with Crippen LogP contribution in [0, 0.1) is 12.8 Å². The van der Waals surface area contributed by atoms with Gasteiger partial charge in [-0.15, -0.1) is 0 Å². The number of esters is 1. The van der Waals surface area contributed by atoms with Gasteiger partial charge in [0.05, 0.1) is 0 Å². The lowest BCUT2D eigenvalue weighted by atomic mass is 9.87. The van der Waals surface area contributed by atoms with Crippen LogP contribution in [0.25, 0.3) is 10.9 Å². The number of rotatable bonds is 5. The summed E-state index contributed by atoms with van der Waals surface area (Å²) >= 11 is 0. The monoisotopic (exact) mass is 356 g/mol. The van der Waals surface area contributed by atoms with Crippen LogP contribution >= 0.6 is 0 Å². The van der Waals surface area contributed by atoms with Gasteiger partial charge in [0, 0.05) is 24.3 Å². The largest absolute Gasteiger partial charge is 0.454 e. The maximum Gasteiger partial charge on any atom is 0.326 e. The van der Waals surface area contributed by atoms with Gasteiger partial charge in [0.2, 0.25) is 0 Å². The van der Waals surface area contributed by atoms with Crippen molar-refractivity contribution in [3.05, 3.63) is 36.0 Å². The SMILES string of the molecule is Cc1cc2ccccc2n1CC(=O)OCC(=O)N(C)C1CCC(C)CC1. The Hall–Kier alpha value is -2.30. The van der Waals surface area contributed by atoms with E-state index in [-0.39, 0.29) is 31.1 Å². The van der Waals surface area contributed by atoms with Crippen LogP contribution in [0.4, 0.5) is 0 Å². The second-order valence-electron chi connectivity index (χ2n) is 7.51. The molecule has 0 N–H and O–H groups in total. The Labute approximate surface area is 154 Å². The van der Waals surface area contributed by atoms with Gasteiger partial charge in [0.25, 0.3) is 5.91 Å². The third-order valence-electron chi connectivity index (χ3n) is 5.59. The second-order valence-corrected chi connectivity index (χ2v) is 7.51. The van der Waals surface area contributed by atoms with Crippen LogP contribution in [-0.2, 0) is 20.9 Å². The first-order chi connectivity index (χ1) is 12.5. The van der Waals surface area contributed by atoms with E-state index in [9.17, 15) is 9.59 Å². The Balaban J connectivity index is 1.53. The minimum atomic E-state index is -0.381. The number of hydrogen-bond acceptors (Lipinski definition) is 3. The van der Waals surface area contributed by atoms with E-state index in [2.05, 4.69) is 6.92 Å². The van der Waals surface area contributed by atoms with Gasteiger partial charge < -0.3 is 14.2 Å². The molecule has 26 heavy (non-hydrogen) atoms. The van der Waals surface area contributed by atoms with E-state index in [0.717, 1.165) is 48.2 Å². The van der Waals surface area contributed by atoms with Crippen LogP contribution in [0.5, 0.6) is 0 Å². The fourth-order valence-corrected chi connectivity index (χ4v) is 3.81. The third kappa shape index (κ3) is 4.09. The number of amides is 1. The van der Waals surface area contributed by atoms with Gasteiger partial charge in [-0.1, -0.05) is 25.1 Å². The highest BCUT2D eigenvalue weighted by Gasteiger charge is 2.25. The van der Waals surface area contributed by atoms with Gasteiger partial charge in [0.15, 0.2) is 6.61 Å². The molecule has 1 aromatic heterocycles. The summed E-state index contributed by atoms with van der Waals surface area (Å²) in [4.78, 5) is 26.4. The highest BCUT2D eigenvalue weighted by atomic mass is 16.5. The smallest absolute Gasteiger partial charge is 0.326 e. The molecule has 1 aliphatic carbocycles. The highest BCUT2D eigenvalue weighted by Crippen LogP contribution is 2.26. The minimum Gasteiger partial charge on any atom is -0.454 e. The fourth-order valence-electron chi connectivity index (χ4n) is 3.81. The average molecular weight is 356 g/mol. The molecule has 0 bridgehead atoms. The molecule has 1 heterocycles. The topological polar surface area (TPSA) is 51.5 Å². The van der Waals surface area contributed by atoms with Gasteiger partial charge in [-0.2, -0.15) is 0 Å². The number of nitrogens with zero attached hydrogens (tertiary/aromatic N) is 2. The molecule has 0 aliphatic heterocycles. The second kappa shape index (κ2) is 7.94. The summed E-state index contributed by atoms with van der Waals surface area (Å²) < 4.78 is 7.19. The first kappa shape index (κ1) is 18.5. The summed E-state index contributed by atoms with van der Waals surface area (Å²) in [6.07, 6.45) is 4.38. The highest BCUT2D eigenvalue weighted by molar-refractivity contribution is 5.84. The Kier molecular flexibility index (Phi) is 5.64. The van der Waals surface area contributed by atoms with E-state index in [1.54, 1.807) is 4.90 Å². The molecule has 3 rings (SSSR count). The molecule has 0 atom stereocenters. The van der Waals surface area contributed by atoms with Crippen LogP contribution in [0.15, 0.2) is 30.3 Å². The van der Waals surface area contributed by atoms with Gasteiger partial charge in [-0.3, -0.25) is 9.59 Å². The molecule has 5 nitrogen and oxygen atoms in total. The third-order valence-corrected chi connectivity index (χ3v) is 5.59. The number of carbonyl (C=O) groups excluding carboxylic acids is 2. The number of likely N-dealkylation sites (N-methyl/N-ethyl adjacent to an activating group) is 1. The van der Waals surface area contributed by atoms with Gasteiger partial charge in [0.1, 0.15) is 6.54 Å². The van der Waals surface area contributed by atoms with Crippen molar-refractivity contribution in [3.63, 3.8) is 0 Å². The van der Waals surface area contributed by atoms with E-state index >= 15 is 0 Å². The molecule has 1 aromatic carbocycles. The van der Waals surface area contributed by atoms with Crippen molar-refractivity contribution >= 4 is 22.8 Å². The Bertz CT molecular complexity index is 788. The molecule has 0 spiro atoms. The lowest BCUT2D eigenvalue weighted by molar-refractivity contribution is -0.153. The van der Waals surface area contributed by atoms with E-state index in [1.165, 1.54) is 0 Å². The number of ether oxygens (including phenoxy) is 1. The van der Waals surface area contributed by atoms with Crippen LogP contribution in [0.1, 0.15) is 38.3 Å². The molecule has 140 valence electrons. The van der Waals surface area contributed by atoms with Crippen molar-refractivity contribution in [1.29, 1.82) is 0 Å². The molecule has 0 radical (unpaired) electrons. The van der Waals surface area contributed by atoms with Crippen molar-refractivity contribution < 1.29 is 14.3 Å². The normalized spacial score (nSPS) is 20.1. The predicted octanol–water partition coefficient (Wildman–Crippen LogP) is 3.53. The fraction of sp³-hybridized carbons (Fsp3) is 0.524. The van der Waals surface area contributed by atoms with Crippen molar-refractivity contribution in [2.24, 2.45) is 5.92 Å².